The van der Waals surface area contributed by atoms with Gasteiger partial charge in [-0.05, 0) is 37.2 Å². The number of carboxylic acid groups (broad SMARTS) is 1. The highest BCUT2D eigenvalue weighted by molar-refractivity contribution is 8.15. The zero-order valence-electron chi connectivity index (χ0n) is 10.5. The summed E-state index contributed by atoms with van der Waals surface area (Å²) in [6.07, 6.45) is -0.337. The second-order valence-electron chi connectivity index (χ2n) is 4.43. The van der Waals surface area contributed by atoms with E-state index in [2.05, 4.69) is 0 Å². The Bertz CT molecular complexity index is 570. The van der Waals surface area contributed by atoms with Crippen LogP contribution in [0.15, 0.2) is 18.2 Å². The van der Waals surface area contributed by atoms with Gasteiger partial charge in [0.1, 0.15) is 5.25 Å². The second kappa shape index (κ2) is 5.05. The summed E-state index contributed by atoms with van der Waals surface area (Å²) in [5.74, 6) is -1.54. The molecule has 19 heavy (non-hydrogen) atoms. The molecule has 1 saturated heterocycles. The number of anilines is 1. The Morgan fingerprint density at radius 1 is 1.37 bits per heavy atom. The van der Waals surface area contributed by atoms with Crippen LogP contribution in [0.25, 0.3) is 0 Å². The van der Waals surface area contributed by atoms with E-state index in [0.29, 0.717) is 5.69 Å². The molecule has 5 nitrogen and oxygen atoms in total. The van der Waals surface area contributed by atoms with Gasteiger partial charge in [-0.3, -0.25) is 14.4 Å². The highest BCUT2D eigenvalue weighted by Crippen LogP contribution is 2.35. The van der Waals surface area contributed by atoms with Crippen molar-refractivity contribution in [2.75, 3.05) is 4.90 Å². The number of nitrogens with zero attached hydrogens (tertiary/aromatic N) is 1. The molecule has 0 aliphatic carbocycles. The molecule has 0 saturated carbocycles. The first-order chi connectivity index (χ1) is 8.90. The first-order valence-corrected chi connectivity index (χ1v) is 6.61. The summed E-state index contributed by atoms with van der Waals surface area (Å²) in [7, 11) is 0. The van der Waals surface area contributed by atoms with Gasteiger partial charge >= 0.3 is 5.97 Å². The van der Waals surface area contributed by atoms with Crippen LogP contribution in [0.1, 0.15) is 17.5 Å². The first kappa shape index (κ1) is 13.6. The lowest BCUT2D eigenvalue weighted by molar-refractivity contribution is -0.138. The smallest absolute Gasteiger partial charge is 0.305 e. The quantitative estimate of drug-likeness (QED) is 0.919. The Labute approximate surface area is 114 Å². The number of aryl methyl sites for hydroxylation is 2. The fraction of sp³-hybridized carbons (Fsp3) is 0.308. The monoisotopic (exact) mass is 279 g/mol. The summed E-state index contributed by atoms with van der Waals surface area (Å²) in [6.45, 7) is 3.74. The lowest BCUT2D eigenvalue weighted by atomic mass is 10.1. The summed E-state index contributed by atoms with van der Waals surface area (Å²) in [5.41, 5.74) is 2.38. The van der Waals surface area contributed by atoms with Crippen LogP contribution in [-0.4, -0.2) is 27.5 Å². The molecule has 100 valence electrons. The highest BCUT2D eigenvalue weighted by atomic mass is 32.2. The number of hydrogen-bond donors (Lipinski definition) is 1. The van der Waals surface area contributed by atoms with Gasteiger partial charge in [0.15, 0.2) is 0 Å². The standard InChI is InChI=1S/C13H13NO4S/c1-7-3-4-9(8(2)5-7)14-12(17)10(6-11(15)16)19-13(14)18/h3-5,10H,6H2,1-2H3,(H,15,16)/t10-/m0/s1. The maximum Gasteiger partial charge on any atom is 0.305 e. The number of thioether (sulfide) groups is 1. The number of hydrogen-bond acceptors (Lipinski definition) is 4. The average molecular weight is 279 g/mol. The number of amides is 2. The second-order valence-corrected chi connectivity index (χ2v) is 5.59. The minimum atomic E-state index is -1.08. The number of imide groups is 1. The van der Waals surface area contributed by atoms with Crippen molar-refractivity contribution in [2.45, 2.75) is 25.5 Å². The van der Waals surface area contributed by atoms with Gasteiger partial charge in [-0.1, -0.05) is 17.7 Å². The summed E-state index contributed by atoms with van der Waals surface area (Å²) in [6, 6.07) is 5.41. The van der Waals surface area contributed by atoms with Crippen molar-refractivity contribution in [1.82, 2.24) is 0 Å². The number of carbonyl (C=O) groups is 3. The number of rotatable bonds is 3. The van der Waals surface area contributed by atoms with Gasteiger partial charge in [0.25, 0.3) is 5.24 Å². The van der Waals surface area contributed by atoms with Crippen LogP contribution in [0, 0.1) is 13.8 Å². The van der Waals surface area contributed by atoms with Crippen molar-refractivity contribution >= 4 is 34.6 Å². The molecule has 0 unspecified atom stereocenters. The Morgan fingerprint density at radius 3 is 2.63 bits per heavy atom. The summed E-state index contributed by atoms with van der Waals surface area (Å²) >= 11 is 0.774. The van der Waals surface area contributed by atoms with E-state index < -0.39 is 22.4 Å². The van der Waals surface area contributed by atoms with Gasteiger partial charge in [-0.25, -0.2) is 4.90 Å². The van der Waals surface area contributed by atoms with Crippen LogP contribution in [0.3, 0.4) is 0 Å². The molecular formula is C13H13NO4S. The predicted octanol–water partition coefficient (Wildman–Crippen LogP) is 2.35. The summed E-state index contributed by atoms with van der Waals surface area (Å²) < 4.78 is 0. The van der Waals surface area contributed by atoms with Gasteiger partial charge in [0, 0.05) is 0 Å². The Kier molecular flexibility index (Phi) is 3.61. The van der Waals surface area contributed by atoms with Crippen molar-refractivity contribution in [2.24, 2.45) is 0 Å². The minimum absolute atomic E-state index is 0.337. The molecule has 1 aromatic rings. The van der Waals surface area contributed by atoms with E-state index in [9.17, 15) is 14.4 Å². The van der Waals surface area contributed by atoms with Gasteiger partial charge in [0.05, 0.1) is 12.1 Å². The SMILES string of the molecule is Cc1ccc(N2C(=O)S[C@@H](CC(=O)O)C2=O)c(C)c1. The Morgan fingerprint density at radius 2 is 2.05 bits per heavy atom. The Hall–Kier alpha value is -1.82. The van der Waals surface area contributed by atoms with Crippen LogP contribution < -0.4 is 4.90 Å². The predicted molar refractivity (Wildman–Crippen MR) is 72.4 cm³/mol. The number of carbonyl (C=O) groups excluding carboxylic acids is 2. The molecule has 0 radical (unpaired) electrons. The minimum Gasteiger partial charge on any atom is -0.481 e. The fourth-order valence-corrected chi connectivity index (χ4v) is 2.99. The van der Waals surface area contributed by atoms with Crippen LogP contribution >= 0.6 is 11.8 Å². The van der Waals surface area contributed by atoms with E-state index in [1.165, 1.54) is 0 Å². The van der Waals surface area contributed by atoms with E-state index in [-0.39, 0.29) is 6.42 Å². The molecule has 1 fully saturated rings. The molecule has 1 aliphatic heterocycles. The van der Waals surface area contributed by atoms with E-state index in [1.807, 2.05) is 26.0 Å². The summed E-state index contributed by atoms with van der Waals surface area (Å²) in [4.78, 5) is 35.7. The normalized spacial score (nSPS) is 19.1. The average Bonchev–Trinajstić information content (AvgIpc) is 2.55. The maximum absolute atomic E-state index is 12.1. The molecule has 0 spiro atoms. The molecule has 2 rings (SSSR count). The number of aliphatic carboxylic acids is 1. The highest BCUT2D eigenvalue weighted by Gasteiger charge is 2.42. The topological polar surface area (TPSA) is 74.7 Å². The third-order valence-electron chi connectivity index (χ3n) is 2.87. The van der Waals surface area contributed by atoms with E-state index in [0.717, 1.165) is 27.8 Å². The summed E-state index contributed by atoms with van der Waals surface area (Å²) in [5, 5.41) is 7.49. The zero-order valence-corrected chi connectivity index (χ0v) is 11.4. The van der Waals surface area contributed by atoms with Crippen molar-refractivity contribution in [3.63, 3.8) is 0 Å². The van der Waals surface area contributed by atoms with E-state index in [4.69, 9.17) is 5.11 Å². The molecule has 1 atom stereocenters. The lowest BCUT2D eigenvalue weighted by Gasteiger charge is -2.16. The van der Waals surface area contributed by atoms with Crippen LogP contribution in [-0.2, 0) is 9.59 Å². The molecule has 0 bridgehead atoms. The molecule has 1 N–H and O–H groups in total. The van der Waals surface area contributed by atoms with Gasteiger partial charge in [-0.2, -0.15) is 0 Å². The molecule has 1 aromatic carbocycles. The first-order valence-electron chi connectivity index (χ1n) is 5.74. The van der Waals surface area contributed by atoms with Crippen LogP contribution in [0.4, 0.5) is 10.5 Å². The number of carboxylic acids is 1. The molecule has 1 heterocycles. The van der Waals surface area contributed by atoms with E-state index in [1.54, 1.807) is 6.07 Å². The van der Waals surface area contributed by atoms with Gasteiger partial charge < -0.3 is 5.11 Å². The van der Waals surface area contributed by atoms with Crippen molar-refractivity contribution in [3.8, 4) is 0 Å². The fourth-order valence-electron chi connectivity index (χ4n) is 2.02. The van der Waals surface area contributed by atoms with Crippen LogP contribution in [0.5, 0.6) is 0 Å². The maximum atomic E-state index is 12.1. The molecule has 6 heteroatoms. The third kappa shape index (κ3) is 2.63. The van der Waals surface area contributed by atoms with Gasteiger partial charge in [-0.15, -0.1) is 0 Å². The Balaban J connectivity index is 2.32. The lowest BCUT2D eigenvalue weighted by Crippen LogP contribution is -2.32. The molecular weight excluding hydrogens is 266 g/mol. The zero-order chi connectivity index (χ0) is 14.2. The van der Waals surface area contributed by atoms with Crippen molar-refractivity contribution in [1.29, 1.82) is 0 Å². The van der Waals surface area contributed by atoms with E-state index >= 15 is 0 Å². The van der Waals surface area contributed by atoms with Crippen molar-refractivity contribution < 1.29 is 19.5 Å². The molecule has 2 amide bonds. The molecule has 0 aromatic heterocycles. The van der Waals surface area contributed by atoms with Crippen LogP contribution in [0.2, 0.25) is 0 Å². The van der Waals surface area contributed by atoms with Crippen molar-refractivity contribution in [3.05, 3.63) is 29.3 Å². The van der Waals surface area contributed by atoms with Gasteiger partial charge in [0.2, 0.25) is 5.91 Å². The number of benzene rings is 1. The third-order valence-corrected chi connectivity index (χ3v) is 3.91. The largest absolute Gasteiger partial charge is 0.481 e. The molecule has 1 aliphatic rings.